The molecule has 1 amide bonds. The molecule has 1 aromatic heterocycles. The third kappa shape index (κ3) is 3.84. The van der Waals surface area contributed by atoms with Crippen molar-refractivity contribution in [2.45, 2.75) is 42.6 Å². The van der Waals surface area contributed by atoms with Gasteiger partial charge in [0.05, 0.1) is 5.25 Å². The van der Waals surface area contributed by atoms with Crippen molar-refractivity contribution in [1.82, 2.24) is 14.8 Å². The molecular weight excluding hydrogens is 327 g/mol. The van der Waals surface area contributed by atoms with Crippen LogP contribution in [0.15, 0.2) is 42.1 Å². The topological polar surface area (TPSA) is 59.8 Å². The highest BCUT2D eigenvalue weighted by atomic mass is 32.2. The lowest BCUT2D eigenvalue weighted by Gasteiger charge is -2.12. The third-order valence-corrected chi connectivity index (χ3v) is 4.84. The Kier molecular flexibility index (Phi) is 4.99. The van der Waals surface area contributed by atoms with E-state index >= 15 is 0 Å². The Balaban J connectivity index is 1.67. The zero-order valence-electron chi connectivity index (χ0n) is 13.4. The molecule has 0 saturated heterocycles. The number of anilines is 1. The molecule has 0 radical (unpaired) electrons. The lowest BCUT2D eigenvalue weighted by atomic mass is 10.3. The van der Waals surface area contributed by atoms with E-state index in [9.17, 15) is 9.18 Å². The molecule has 1 heterocycles. The van der Waals surface area contributed by atoms with E-state index in [1.165, 1.54) is 36.0 Å². The Morgan fingerprint density at radius 2 is 2.17 bits per heavy atom. The van der Waals surface area contributed by atoms with Gasteiger partial charge < -0.3 is 9.88 Å². The van der Waals surface area contributed by atoms with E-state index in [2.05, 4.69) is 22.1 Å². The summed E-state index contributed by atoms with van der Waals surface area (Å²) in [4.78, 5) is 12.3. The van der Waals surface area contributed by atoms with Gasteiger partial charge in [-0.2, -0.15) is 0 Å². The van der Waals surface area contributed by atoms with E-state index in [1.807, 2.05) is 17.6 Å². The molecule has 5 nitrogen and oxygen atoms in total. The van der Waals surface area contributed by atoms with Gasteiger partial charge in [0.2, 0.25) is 5.91 Å². The van der Waals surface area contributed by atoms with Crippen molar-refractivity contribution in [2.75, 3.05) is 5.32 Å². The molecule has 0 aliphatic heterocycles. The van der Waals surface area contributed by atoms with E-state index in [1.54, 1.807) is 0 Å². The van der Waals surface area contributed by atoms with Gasteiger partial charge in [0.15, 0.2) is 5.16 Å². The molecule has 1 aliphatic rings. The summed E-state index contributed by atoms with van der Waals surface area (Å²) in [6.07, 6.45) is 4.09. The Bertz CT molecular complexity index is 740. The molecule has 1 atom stereocenters. The van der Waals surface area contributed by atoms with Crippen molar-refractivity contribution in [3.8, 4) is 0 Å². The molecule has 1 aliphatic carbocycles. The van der Waals surface area contributed by atoms with Crippen molar-refractivity contribution in [3.05, 3.63) is 48.6 Å². The fourth-order valence-corrected chi connectivity index (χ4v) is 3.19. The predicted octanol–water partition coefficient (Wildman–Crippen LogP) is 3.60. The van der Waals surface area contributed by atoms with Crippen LogP contribution in [-0.2, 0) is 11.3 Å². The standard InChI is InChI=1S/C17H19FN4OS/c1-3-10-22-15(12-4-5-12)20-21-17(22)24-11(2)16(23)19-14-8-6-13(18)7-9-14/h3,6-9,11-12H,1,4-5,10H2,2H3,(H,19,23)/t11-/m0/s1. The summed E-state index contributed by atoms with van der Waals surface area (Å²) in [5.41, 5.74) is 0.570. The third-order valence-electron chi connectivity index (χ3n) is 3.76. The number of amides is 1. The zero-order valence-corrected chi connectivity index (χ0v) is 14.2. The number of hydrogen-bond donors (Lipinski definition) is 1. The fraction of sp³-hybridized carbons (Fsp3) is 0.353. The number of carbonyl (C=O) groups is 1. The number of rotatable bonds is 7. The van der Waals surface area contributed by atoms with Crippen LogP contribution in [0.2, 0.25) is 0 Å². The second kappa shape index (κ2) is 7.17. The molecule has 0 bridgehead atoms. The molecule has 126 valence electrons. The summed E-state index contributed by atoms with van der Waals surface area (Å²) in [6, 6.07) is 5.71. The molecule has 7 heteroatoms. The lowest BCUT2D eigenvalue weighted by Crippen LogP contribution is -2.23. The van der Waals surface area contributed by atoms with Gasteiger partial charge >= 0.3 is 0 Å². The van der Waals surface area contributed by atoms with Gasteiger partial charge in [0, 0.05) is 18.2 Å². The zero-order chi connectivity index (χ0) is 17.1. The van der Waals surface area contributed by atoms with E-state index in [0.29, 0.717) is 18.2 Å². The molecule has 2 aromatic rings. The van der Waals surface area contributed by atoms with Crippen LogP contribution in [0.3, 0.4) is 0 Å². The van der Waals surface area contributed by atoms with Gasteiger partial charge in [-0.15, -0.1) is 16.8 Å². The molecule has 3 rings (SSSR count). The summed E-state index contributed by atoms with van der Waals surface area (Å²) in [5, 5.41) is 11.7. The number of thioether (sulfide) groups is 1. The number of allylic oxidation sites excluding steroid dienone is 1. The maximum atomic E-state index is 12.9. The average Bonchev–Trinajstić information content (AvgIpc) is 3.34. The SMILES string of the molecule is C=CCn1c(S[C@@H](C)C(=O)Nc2ccc(F)cc2)nnc1C1CC1. The summed E-state index contributed by atoms with van der Waals surface area (Å²) >= 11 is 1.36. The van der Waals surface area contributed by atoms with Crippen LogP contribution in [0.25, 0.3) is 0 Å². The second-order valence-corrected chi connectivity index (χ2v) is 7.08. The maximum absolute atomic E-state index is 12.9. The average molecular weight is 346 g/mol. The van der Waals surface area contributed by atoms with Crippen LogP contribution in [0.4, 0.5) is 10.1 Å². The number of nitrogens with one attached hydrogen (secondary N) is 1. The maximum Gasteiger partial charge on any atom is 0.237 e. The first-order valence-corrected chi connectivity index (χ1v) is 8.73. The number of benzene rings is 1. The monoisotopic (exact) mass is 346 g/mol. The first-order valence-electron chi connectivity index (χ1n) is 7.85. The van der Waals surface area contributed by atoms with Gasteiger partial charge in [0.25, 0.3) is 0 Å². The Morgan fingerprint density at radius 3 is 2.79 bits per heavy atom. The Hall–Kier alpha value is -2.15. The highest BCUT2D eigenvalue weighted by Gasteiger charge is 2.30. The summed E-state index contributed by atoms with van der Waals surface area (Å²) < 4.78 is 14.9. The van der Waals surface area contributed by atoms with Gasteiger partial charge in [-0.3, -0.25) is 4.79 Å². The van der Waals surface area contributed by atoms with Crippen molar-refractivity contribution < 1.29 is 9.18 Å². The van der Waals surface area contributed by atoms with Crippen LogP contribution in [-0.4, -0.2) is 25.9 Å². The molecule has 1 saturated carbocycles. The number of nitrogens with zero attached hydrogens (tertiary/aromatic N) is 3. The Labute approximate surface area is 144 Å². The minimum atomic E-state index is -0.352. The second-order valence-electron chi connectivity index (χ2n) is 5.77. The van der Waals surface area contributed by atoms with Gasteiger partial charge in [-0.25, -0.2) is 4.39 Å². The van der Waals surface area contributed by atoms with E-state index in [4.69, 9.17) is 0 Å². The van der Waals surface area contributed by atoms with Gasteiger partial charge in [-0.1, -0.05) is 17.8 Å². The molecule has 0 unspecified atom stereocenters. The minimum absolute atomic E-state index is 0.160. The Morgan fingerprint density at radius 1 is 1.46 bits per heavy atom. The van der Waals surface area contributed by atoms with Crippen LogP contribution in [0, 0.1) is 5.82 Å². The quantitative estimate of drug-likeness (QED) is 0.615. The van der Waals surface area contributed by atoms with E-state index in [-0.39, 0.29) is 17.0 Å². The molecule has 24 heavy (non-hydrogen) atoms. The first kappa shape index (κ1) is 16.7. The van der Waals surface area contributed by atoms with Crippen molar-refractivity contribution >= 4 is 23.4 Å². The van der Waals surface area contributed by atoms with E-state index in [0.717, 1.165) is 23.8 Å². The van der Waals surface area contributed by atoms with Crippen molar-refractivity contribution in [2.24, 2.45) is 0 Å². The molecule has 1 fully saturated rings. The number of halogens is 1. The normalized spacial score (nSPS) is 15.1. The van der Waals surface area contributed by atoms with Crippen molar-refractivity contribution in [3.63, 3.8) is 0 Å². The molecule has 1 N–H and O–H groups in total. The highest BCUT2D eigenvalue weighted by molar-refractivity contribution is 8.00. The summed E-state index contributed by atoms with van der Waals surface area (Å²) in [7, 11) is 0. The highest BCUT2D eigenvalue weighted by Crippen LogP contribution is 2.40. The smallest absolute Gasteiger partial charge is 0.237 e. The number of hydrogen-bond acceptors (Lipinski definition) is 4. The molecular formula is C17H19FN4OS. The predicted molar refractivity (Wildman–Crippen MR) is 92.5 cm³/mol. The van der Waals surface area contributed by atoms with Crippen molar-refractivity contribution in [1.29, 1.82) is 0 Å². The van der Waals surface area contributed by atoms with Crippen LogP contribution >= 0.6 is 11.8 Å². The number of carbonyl (C=O) groups excluding carboxylic acids is 1. The molecule has 0 spiro atoms. The number of aromatic nitrogens is 3. The minimum Gasteiger partial charge on any atom is -0.325 e. The van der Waals surface area contributed by atoms with Crippen LogP contribution in [0.5, 0.6) is 0 Å². The van der Waals surface area contributed by atoms with E-state index < -0.39 is 0 Å². The van der Waals surface area contributed by atoms with Gasteiger partial charge in [-0.05, 0) is 44.0 Å². The lowest BCUT2D eigenvalue weighted by molar-refractivity contribution is -0.115. The van der Waals surface area contributed by atoms with Crippen LogP contribution in [0.1, 0.15) is 31.5 Å². The molecule has 1 aromatic carbocycles. The van der Waals surface area contributed by atoms with Crippen LogP contribution < -0.4 is 5.32 Å². The summed E-state index contributed by atoms with van der Waals surface area (Å²) in [6.45, 7) is 6.22. The largest absolute Gasteiger partial charge is 0.325 e. The summed E-state index contributed by atoms with van der Waals surface area (Å²) in [5.74, 6) is 0.965. The fourth-order valence-electron chi connectivity index (χ4n) is 2.32. The first-order chi connectivity index (χ1) is 11.6. The van der Waals surface area contributed by atoms with Gasteiger partial charge in [0.1, 0.15) is 11.6 Å².